The van der Waals surface area contributed by atoms with Gasteiger partial charge in [0, 0.05) is 5.69 Å². The Balaban J connectivity index is 1.75. The average Bonchev–Trinajstić information content (AvgIpc) is 2.77. The van der Waals surface area contributed by atoms with E-state index < -0.39 is 11.9 Å². The molecule has 0 aliphatic rings. The summed E-state index contributed by atoms with van der Waals surface area (Å²) in [6, 6.07) is 19.3. The molecule has 3 aromatic rings. The van der Waals surface area contributed by atoms with Crippen molar-refractivity contribution in [3.8, 4) is 11.8 Å². The summed E-state index contributed by atoms with van der Waals surface area (Å²) in [5.74, 6) is -0.857. The zero-order valence-electron chi connectivity index (χ0n) is 17.4. The van der Waals surface area contributed by atoms with Crippen LogP contribution in [0.4, 0.5) is 5.69 Å². The molecule has 8 heteroatoms. The number of nitrogens with one attached hydrogen (secondary N) is 1. The molecular weight excluding hydrogens is 599 g/mol. The summed E-state index contributed by atoms with van der Waals surface area (Å²) < 4.78 is 7.36. The number of nitriles is 1. The lowest BCUT2D eigenvalue weighted by molar-refractivity contribution is -0.112. The Labute approximate surface area is 213 Å². The Morgan fingerprint density at radius 2 is 1.91 bits per heavy atom. The van der Waals surface area contributed by atoms with Gasteiger partial charge in [0.15, 0.2) is 0 Å². The highest BCUT2D eigenvalue weighted by Gasteiger charge is 2.13. The van der Waals surface area contributed by atoms with Crippen LogP contribution in [0.1, 0.15) is 27.0 Å². The van der Waals surface area contributed by atoms with Gasteiger partial charge in [-0.25, -0.2) is 4.79 Å². The minimum atomic E-state index is -0.979. The summed E-state index contributed by atoms with van der Waals surface area (Å²) in [6.45, 7) is 2.18. The Hall–Kier alpha value is -3.16. The molecule has 0 atom stereocenters. The van der Waals surface area contributed by atoms with Crippen molar-refractivity contribution in [2.24, 2.45) is 0 Å². The third-order valence-corrected chi connectivity index (χ3v) is 5.95. The second kappa shape index (κ2) is 11.1. The molecular formula is C25H18BrIN2O4. The Kier molecular flexibility index (Phi) is 8.25. The monoisotopic (exact) mass is 616 g/mol. The quantitative estimate of drug-likeness (QED) is 0.187. The zero-order chi connectivity index (χ0) is 24.0. The maximum Gasteiger partial charge on any atom is 0.335 e. The van der Waals surface area contributed by atoms with Crippen LogP contribution in [0.25, 0.3) is 6.08 Å². The van der Waals surface area contributed by atoms with Crippen LogP contribution >= 0.6 is 38.5 Å². The van der Waals surface area contributed by atoms with E-state index in [0.717, 1.165) is 14.7 Å². The van der Waals surface area contributed by atoms with Gasteiger partial charge in [-0.15, -0.1) is 0 Å². The fourth-order valence-corrected chi connectivity index (χ4v) is 4.71. The number of carboxylic acids is 1. The number of benzene rings is 3. The van der Waals surface area contributed by atoms with Gasteiger partial charge in [-0.05, 0) is 105 Å². The largest absolute Gasteiger partial charge is 0.487 e. The molecule has 0 radical (unpaired) electrons. The lowest BCUT2D eigenvalue weighted by atomic mass is 10.1. The SMILES string of the molecule is Cc1cccc(NC(=O)/C(C#N)=C\c2cc(Br)c(OCc3ccc(C(=O)O)cc3)c(I)c2)c1. The van der Waals surface area contributed by atoms with Crippen LogP contribution in [0, 0.1) is 21.8 Å². The van der Waals surface area contributed by atoms with Crippen molar-refractivity contribution in [2.45, 2.75) is 13.5 Å². The lowest BCUT2D eigenvalue weighted by Gasteiger charge is -2.12. The molecule has 0 heterocycles. The molecule has 166 valence electrons. The van der Waals surface area contributed by atoms with E-state index in [-0.39, 0.29) is 17.7 Å². The fourth-order valence-electron chi connectivity index (χ4n) is 2.94. The number of hydrogen-bond donors (Lipinski definition) is 2. The average molecular weight is 617 g/mol. The third kappa shape index (κ3) is 6.66. The first kappa shape index (κ1) is 24.5. The van der Waals surface area contributed by atoms with Gasteiger partial charge in [0.05, 0.1) is 13.6 Å². The maximum atomic E-state index is 12.5. The van der Waals surface area contributed by atoms with Crippen LogP contribution < -0.4 is 10.1 Å². The third-order valence-electron chi connectivity index (χ3n) is 4.56. The lowest BCUT2D eigenvalue weighted by Crippen LogP contribution is -2.13. The number of carbonyl (C=O) groups is 2. The number of amides is 1. The van der Waals surface area contributed by atoms with Gasteiger partial charge in [-0.3, -0.25) is 4.79 Å². The molecule has 0 fully saturated rings. The number of nitrogens with zero attached hydrogens (tertiary/aromatic N) is 1. The van der Waals surface area contributed by atoms with E-state index in [2.05, 4.69) is 43.8 Å². The summed E-state index contributed by atoms with van der Waals surface area (Å²) in [7, 11) is 0. The molecule has 0 saturated heterocycles. The number of carbonyl (C=O) groups excluding carboxylic acids is 1. The number of anilines is 1. The van der Waals surface area contributed by atoms with Crippen LogP contribution in [0.5, 0.6) is 5.75 Å². The molecule has 3 rings (SSSR count). The van der Waals surface area contributed by atoms with Crippen molar-refractivity contribution < 1.29 is 19.4 Å². The van der Waals surface area contributed by atoms with E-state index in [1.54, 1.807) is 24.3 Å². The fraction of sp³-hybridized carbons (Fsp3) is 0.0800. The number of ether oxygens (including phenoxy) is 1. The zero-order valence-corrected chi connectivity index (χ0v) is 21.2. The summed E-state index contributed by atoms with van der Waals surface area (Å²) in [6.07, 6.45) is 1.52. The maximum absolute atomic E-state index is 12.5. The predicted molar refractivity (Wildman–Crippen MR) is 138 cm³/mol. The van der Waals surface area contributed by atoms with Gasteiger partial charge in [0.2, 0.25) is 0 Å². The standard InChI is InChI=1S/C25H18BrIN2O4/c1-15-3-2-4-20(9-15)29-24(30)19(13-28)10-17-11-21(26)23(22(27)12-17)33-14-16-5-7-18(8-6-16)25(31)32/h2-12H,14H2,1H3,(H,29,30)(H,31,32)/b19-10-. The van der Waals surface area contributed by atoms with Gasteiger partial charge in [-0.1, -0.05) is 24.3 Å². The van der Waals surface area contributed by atoms with Gasteiger partial charge < -0.3 is 15.2 Å². The van der Waals surface area contributed by atoms with Crippen molar-refractivity contribution in [2.75, 3.05) is 5.32 Å². The van der Waals surface area contributed by atoms with E-state index in [1.165, 1.54) is 18.2 Å². The van der Waals surface area contributed by atoms with Gasteiger partial charge in [0.1, 0.15) is 24.0 Å². The molecule has 0 saturated carbocycles. The molecule has 1 amide bonds. The molecule has 0 spiro atoms. The van der Waals surface area contributed by atoms with Crippen molar-refractivity contribution in [3.63, 3.8) is 0 Å². The van der Waals surface area contributed by atoms with Crippen molar-refractivity contribution in [1.82, 2.24) is 0 Å². The van der Waals surface area contributed by atoms with Crippen molar-refractivity contribution >= 4 is 62.2 Å². The van der Waals surface area contributed by atoms with E-state index in [9.17, 15) is 14.9 Å². The molecule has 2 N–H and O–H groups in total. The first-order valence-electron chi connectivity index (χ1n) is 9.70. The van der Waals surface area contributed by atoms with Crippen molar-refractivity contribution in [3.05, 3.63) is 96.5 Å². The van der Waals surface area contributed by atoms with Gasteiger partial charge in [-0.2, -0.15) is 5.26 Å². The Bertz CT molecular complexity index is 1260. The molecule has 6 nitrogen and oxygen atoms in total. The second-order valence-electron chi connectivity index (χ2n) is 7.10. The Morgan fingerprint density at radius 1 is 1.18 bits per heavy atom. The highest BCUT2D eigenvalue weighted by atomic mass is 127. The molecule has 0 aromatic heterocycles. The van der Waals surface area contributed by atoms with E-state index in [0.29, 0.717) is 21.5 Å². The normalized spacial score (nSPS) is 10.9. The van der Waals surface area contributed by atoms with Crippen molar-refractivity contribution in [1.29, 1.82) is 5.26 Å². The number of halogens is 2. The smallest absolute Gasteiger partial charge is 0.335 e. The molecule has 0 unspecified atom stereocenters. The highest BCUT2D eigenvalue weighted by Crippen LogP contribution is 2.33. The summed E-state index contributed by atoms with van der Waals surface area (Å²) in [4.78, 5) is 23.5. The van der Waals surface area contributed by atoms with Crippen LogP contribution in [0.2, 0.25) is 0 Å². The summed E-state index contributed by atoms with van der Waals surface area (Å²) >= 11 is 5.61. The minimum Gasteiger partial charge on any atom is -0.487 e. The van der Waals surface area contributed by atoms with Gasteiger partial charge in [0.25, 0.3) is 5.91 Å². The topological polar surface area (TPSA) is 99.4 Å². The number of carboxylic acid groups (broad SMARTS) is 1. The summed E-state index contributed by atoms with van der Waals surface area (Å²) in [5, 5.41) is 21.2. The predicted octanol–water partition coefficient (Wildman–Crippen LogP) is 6.19. The first-order chi connectivity index (χ1) is 15.8. The van der Waals surface area contributed by atoms with Gasteiger partial charge >= 0.3 is 5.97 Å². The van der Waals surface area contributed by atoms with Crippen LogP contribution in [-0.4, -0.2) is 17.0 Å². The number of rotatable bonds is 7. The first-order valence-corrected chi connectivity index (χ1v) is 11.6. The second-order valence-corrected chi connectivity index (χ2v) is 9.11. The highest BCUT2D eigenvalue weighted by molar-refractivity contribution is 14.1. The summed E-state index contributed by atoms with van der Waals surface area (Å²) in [5.41, 5.74) is 3.31. The molecule has 0 bridgehead atoms. The molecule has 3 aromatic carbocycles. The van der Waals surface area contributed by atoms with Crippen LogP contribution in [0.3, 0.4) is 0 Å². The van der Waals surface area contributed by atoms with E-state index in [4.69, 9.17) is 9.84 Å². The molecule has 33 heavy (non-hydrogen) atoms. The van der Waals surface area contributed by atoms with Crippen LogP contribution in [-0.2, 0) is 11.4 Å². The number of aryl methyl sites for hydroxylation is 1. The Morgan fingerprint density at radius 3 is 2.52 bits per heavy atom. The minimum absolute atomic E-state index is 0.0219. The molecule has 0 aliphatic carbocycles. The number of hydrogen-bond acceptors (Lipinski definition) is 4. The molecule has 0 aliphatic heterocycles. The van der Waals surface area contributed by atoms with E-state index in [1.807, 2.05) is 37.3 Å². The van der Waals surface area contributed by atoms with Crippen LogP contribution in [0.15, 0.2) is 70.7 Å². The van der Waals surface area contributed by atoms with E-state index >= 15 is 0 Å². The number of aromatic carboxylic acids is 1.